The van der Waals surface area contributed by atoms with Gasteiger partial charge in [0.15, 0.2) is 11.5 Å². The lowest BCUT2D eigenvalue weighted by Crippen LogP contribution is -2.19. The van der Waals surface area contributed by atoms with E-state index in [-0.39, 0.29) is 11.7 Å². The van der Waals surface area contributed by atoms with Crippen LogP contribution < -0.4 is 5.73 Å². The fourth-order valence-electron chi connectivity index (χ4n) is 1.99. The molecule has 3 rings (SSSR count). The van der Waals surface area contributed by atoms with E-state index in [4.69, 9.17) is 15.4 Å². The maximum atomic E-state index is 11.0. The molecule has 1 unspecified atom stereocenters. The highest BCUT2D eigenvalue weighted by Crippen LogP contribution is 2.41. The molecule has 3 N–H and O–H groups in total. The first-order chi connectivity index (χ1) is 7.68. The molecule has 2 aromatic rings. The molecular formula is C10H8N2O3S. The van der Waals surface area contributed by atoms with E-state index in [1.807, 2.05) is 11.4 Å². The molecule has 0 radical (unpaired) electrons. The monoisotopic (exact) mass is 236 g/mol. The van der Waals surface area contributed by atoms with Crippen LogP contribution in [0.3, 0.4) is 0 Å². The van der Waals surface area contributed by atoms with Crippen LogP contribution in [0.25, 0.3) is 11.3 Å². The minimum atomic E-state index is -1.10. The zero-order chi connectivity index (χ0) is 11.3. The minimum Gasteiger partial charge on any atom is -0.476 e. The molecule has 2 heterocycles. The van der Waals surface area contributed by atoms with E-state index in [1.165, 1.54) is 0 Å². The van der Waals surface area contributed by atoms with Gasteiger partial charge in [-0.1, -0.05) is 5.16 Å². The van der Waals surface area contributed by atoms with E-state index < -0.39 is 5.97 Å². The molecule has 0 bridgehead atoms. The molecule has 5 nitrogen and oxygen atoms in total. The molecule has 1 atom stereocenters. The number of carbonyl (C=O) groups is 1. The Kier molecular flexibility index (Phi) is 1.89. The summed E-state index contributed by atoms with van der Waals surface area (Å²) < 4.78 is 5.10. The zero-order valence-corrected chi connectivity index (χ0v) is 8.95. The van der Waals surface area contributed by atoms with Crippen LogP contribution in [0.5, 0.6) is 0 Å². The van der Waals surface area contributed by atoms with Gasteiger partial charge >= 0.3 is 5.97 Å². The van der Waals surface area contributed by atoms with Crippen molar-refractivity contribution in [3.8, 4) is 11.3 Å². The van der Waals surface area contributed by atoms with Crippen molar-refractivity contribution in [1.82, 2.24) is 5.16 Å². The molecule has 0 saturated carbocycles. The lowest BCUT2D eigenvalue weighted by atomic mass is 9.92. The van der Waals surface area contributed by atoms with Crippen molar-refractivity contribution in [2.75, 3.05) is 0 Å². The number of aromatic carboxylic acids is 1. The normalized spacial score (nSPS) is 17.9. The summed E-state index contributed by atoms with van der Waals surface area (Å²) in [7, 11) is 0. The van der Waals surface area contributed by atoms with Gasteiger partial charge in [-0.25, -0.2) is 4.79 Å². The summed E-state index contributed by atoms with van der Waals surface area (Å²) in [5.41, 5.74) is 7.31. The van der Waals surface area contributed by atoms with Crippen LogP contribution in [-0.4, -0.2) is 16.2 Å². The van der Waals surface area contributed by atoms with Crippen molar-refractivity contribution in [2.24, 2.45) is 5.73 Å². The molecule has 82 valence electrons. The SMILES string of the molecule is NC1Cc2sccc2-c2onc(C(=O)O)c21. The van der Waals surface area contributed by atoms with Crippen molar-refractivity contribution < 1.29 is 14.4 Å². The molecule has 0 amide bonds. The van der Waals surface area contributed by atoms with Gasteiger partial charge in [-0.05, 0) is 11.4 Å². The second-order valence-electron chi connectivity index (χ2n) is 3.65. The van der Waals surface area contributed by atoms with E-state index >= 15 is 0 Å². The first-order valence-corrected chi connectivity index (χ1v) is 5.61. The van der Waals surface area contributed by atoms with Gasteiger partial charge in [-0.3, -0.25) is 0 Å². The number of aromatic nitrogens is 1. The summed E-state index contributed by atoms with van der Waals surface area (Å²) in [4.78, 5) is 12.1. The summed E-state index contributed by atoms with van der Waals surface area (Å²) >= 11 is 1.60. The Labute approximate surface area is 94.5 Å². The first kappa shape index (κ1) is 9.56. The highest BCUT2D eigenvalue weighted by Gasteiger charge is 2.32. The van der Waals surface area contributed by atoms with Crippen LogP contribution >= 0.6 is 11.3 Å². The van der Waals surface area contributed by atoms with Crippen molar-refractivity contribution in [3.05, 3.63) is 27.6 Å². The van der Waals surface area contributed by atoms with Gasteiger partial charge in [-0.15, -0.1) is 11.3 Å². The molecule has 1 aliphatic carbocycles. The lowest BCUT2D eigenvalue weighted by Gasteiger charge is -2.16. The molecule has 0 spiro atoms. The summed E-state index contributed by atoms with van der Waals surface area (Å²) in [6.45, 7) is 0. The van der Waals surface area contributed by atoms with Crippen LogP contribution in [-0.2, 0) is 6.42 Å². The molecule has 2 aromatic heterocycles. The number of nitrogens with zero attached hydrogens (tertiary/aromatic N) is 1. The number of hydrogen-bond acceptors (Lipinski definition) is 5. The number of thiophene rings is 1. The van der Waals surface area contributed by atoms with Crippen LogP contribution in [0.4, 0.5) is 0 Å². The maximum absolute atomic E-state index is 11.0. The van der Waals surface area contributed by atoms with Crippen molar-refractivity contribution in [3.63, 3.8) is 0 Å². The molecule has 0 fully saturated rings. The highest BCUT2D eigenvalue weighted by molar-refractivity contribution is 7.10. The van der Waals surface area contributed by atoms with Crippen molar-refractivity contribution in [1.29, 1.82) is 0 Å². The predicted molar refractivity (Wildman–Crippen MR) is 57.4 cm³/mol. The third kappa shape index (κ3) is 1.14. The summed E-state index contributed by atoms with van der Waals surface area (Å²) in [6, 6.07) is 1.56. The van der Waals surface area contributed by atoms with Crippen LogP contribution in [0.2, 0.25) is 0 Å². The summed E-state index contributed by atoms with van der Waals surface area (Å²) in [5, 5.41) is 14.5. The van der Waals surface area contributed by atoms with Gasteiger partial charge in [0.25, 0.3) is 0 Å². The number of carboxylic acid groups (broad SMARTS) is 1. The number of nitrogens with two attached hydrogens (primary N) is 1. The predicted octanol–water partition coefficient (Wildman–Crippen LogP) is 1.66. The zero-order valence-electron chi connectivity index (χ0n) is 8.14. The Balaban J connectivity index is 2.27. The highest BCUT2D eigenvalue weighted by atomic mass is 32.1. The molecule has 16 heavy (non-hydrogen) atoms. The lowest BCUT2D eigenvalue weighted by molar-refractivity contribution is 0.0684. The number of fused-ring (bicyclic) bond motifs is 3. The molecular weight excluding hydrogens is 228 g/mol. The third-order valence-corrected chi connectivity index (χ3v) is 3.64. The number of rotatable bonds is 1. The molecule has 6 heteroatoms. The standard InChI is InChI=1S/C10H8N2O3S/c11-5-3-6-4(1-2-16-6)9-7(5)8(10(13)14)12-15-9/h1-2,5H,3,11H2,(H,13,14). The van der Waals surface area contributed by atoms with Gasteiger partial charge in [0, 0.05) is 22.9 Å². The quantitative estimate of drug-likeness (QED) is 0.785. The Bertz CT molecular complexity index is 572. The Morgan fingerprint density at radius 2 is 2.50 bits per heavy atom. The number of carboxylic acids is 1. The van der Waals surface area contributed by atoms with Gasteiger partial charge in [0.05, 0.1) is 5.56 Å². The minimum absolute atomic E-state index is 0.0700. The molecule has 0 saturated heterocycles. The molecule has 1 aliphatic rings. The fraction of sp³-hybridized carbons (Fsp3) is 0.200. The Morgan fingerprint density at radius 1 is 1.69 bits per heavy atom. The van der Waals surface area contributed by atoms with E-state index in [1.54, 1.807) is 11.3 Å². The van der Waals surface area contributed by atoms with Gasteiger partial charge < -0.3 is 15.4 Å². The summed E-state index contributed by atoms with van der Waals surface area (Å²) in [6.07, 6.45) is 0.640. The largest absolute Gasteiger partial charge is 0.476 e. The summed E-state index contributed by atoms with van der Waals surface area (Å²) in [5.74, 6) is -0.591. The van der Waals surface area contributed by atoms with Gasteiger partial charge in [-0.2, -0.15) is 0 Å². The van der Waals surface area contributed by atoms with Crippen LogP contribution in [0.15, 0.2) is 16.0 Å². The second kappa shape index (κ2) is 3.16. The Morgan fingerprint density at radius 3 is 3.25 bits per heavy atom. The second-order valence-corrected chi connectivity index (χ2v) is 4.65. The van der Waals surface area contributed by atoms with Crippen molar-refractivity contribution >= 4 is 17.3 Å². The van der Waals surface area contributed by atoms with Crippen molar-refractivity contribution in [2.45, 2.75) is 12.5 Å². The smallest absolute Gasteiger partial charge is 0.358 e. The average molecular weight is 236 g/mol. The maximum Gasteiger partial charge on any atom is 0.358 e. The van der Waals surface area contributed by atoms with E-state index in [9.17, 15) is 4.79 Å². The Hall–Kier alpha value is -1.66. The van der Waals surface area contributed by atoms with Gasteiger partial charge in [0.1, 0.15) is 0 Å². The number of hydrogen-bond donors (Lipinski definition) is 2. The average Bonchev–Trinajstić information content (AvgIpc) is 2.80. The van der Waals surface area contributed by atoms with Crippen LogP contribution in [0, 0.1) is 0 Å². The van der Waals surface area contributed by atoms with Crippen LogP contribution in [0.1, 0.15) is 27.0 Å². The first-order valence-electron chi connectivity index (χ1n) is 4.73. The van der Waals surface area contributed by atoms with E-state index in [2.05, 4.69) is 5.16 Å². The fourth-order valence-corrected chi connectivity index (χ4v) is 2.92. The van der Waals surface area contributed by atoms with Gasteiger partial charge in [0.2, 0.25) is 0 Å². The molecule has 0 aromatic carbocycles. The van der Waals surface area contributed by atoms with E-state index in [0.29, 0.717) is 17.7 Å². The molecule has 0 aliphatic heterocycles. The topological polar surface area (TPSA) is 89.4 Å². The third-order valence-electron chi connectivity index (χ3n) is 2.70. The van der Waals surface area contributed by atoms with E-state index in [0.717, 1.165) is 10.4 Å².